The molecule has 10 amide bonds. The van der Waals surface area contributed by atoms with Crippen molar-refractivity contribution in [1.82, 2.24) is 42.0 Å². The Labute approximate surface area is 433 Å². The van der Waals surface area contributed by atoms with Crippen molar-refractivity contribution in [2.24, 2.45) is 0 Å². The largest absolute Gasteiger partial charge is 0.355 e. The van der Waals surface area contributed by atoms with Gasteiger partial charge in [-0.3, -0.25) is 47.5 Å². The monoisotopic (exact) mass is 1050 g/mol. The maximum absolute atomic E-state index is 13.1. The molecule has 4 aliphatic rings. The van der Waals surface area contributed by atoms with Gasteiger partial charge in [0, 0.05) is 114 Å². The minimum absolute atomic E-state index is 0. The summed E-state index contributed by atoms with van der Waals surface area (Å²) < 4.78 is 63.5. The molecule has 34 heteroatoms. The molecule has 27 nitrogen and oxygen atoms in total. The Kier molecular flexibility index (Phi) is 24.7. The minimum Gasteiger partial charge on any atom is -0.355 e. The van der Waals surface area contributed by atoms with Crippen molar-refractivity contribution in [3.63, 3.8) is 0 Å². The first-order valence-corrected chi connectivity index (χ1v) is 25.7. The zero-order valence-electron chi connectivity index (χ0n) is 35.3. The fourth-order valence-corrected chi connectivity index (χ4v) is 11.1. The predicted molar refractivity (Wildman–Crippen MR) is 231 cm³/mol. The van der Waals surface area contributed by atoms with Crippen molar-refractivity contribution < 1.29 is 88.4 Å². The molecule has 0 aromatic heterocycles. The molecule has 0 aromatic carbocycles. The topological polar surface area (TPSA) is 394 Å². The van der Waals surface area contributed by atoms with Crippen LogP contribution in [0.1, 0.15) is 57.8 Å². The summed E-state index contributed by atoms with van der Waals surface area (Å²) in [5.74, 6) is -10.1. The van der Waals surface area contributed by atoms with Crippen molar-refractivity contribution >= 4 is 178 Å². The number of hydroxylamine groups is 4. The van der Waals surface area contributed by atoms with E-state index in [9.17, 15) is 69.6 Å². The second kappa shape index (κ2) is 27.4. The molecule has 8 N–H and O–H groups in total. The van der Waals surface area contributed by atoms with Crippen molar-refractivity contribution in [1.29, 1.82) is 0 Å². The quantitative estimate of drug-likeness (QED) is 0.00810. The Morgan fingerprint density at radius 1 is 0.697 bits per heavy atom. The van der Waals surface area contributed by atoms with Crippen molar-refractivity contribution in [3.05, 3.63) is 0 Å². The fraction of sp³-hybridized carbons (Fsp3) is 0.656. The van der Waals surface area contributed by atoms with Crippen LogP contribution < -0.4 is 31.9 Å². The van der Waals surface area contributed by atoms with Crippen LogP contribution in [0.4, 0.5) is 4.79 Å². The van der Waals surface area contributed by atoms with Crippen LogP contribution in [0, 0.1) is 0 Å². The average Bonchev–Trinajstić information content (AvgIpc) is 3.93. The van der Waals surface area contributed by atoms with Gasteiger partial charge in [-0.25, -0.2) is 14.4 Å². The molecule has 4 fully saturated rings. The standard InChI is InChI=1S/C32H44N8O19S5.2Na/c41-20(4-2-1-3-17-26-16(15-60-17)36-32(51)38-26)33-10-12-62-61-11-7-21(42)37-27(28(47)34-8-5-24(45)58-39-22(43)13-18(30(39)49)63(52,53)54)29(48)35-9-6-25(46)59-40-23(44)14-19(31(40)50)64(55,56)57;;/h16-19,26-27H,1-15H2,(H,33,41)(H,34,47)(H,35,48)(H,37,42)(H2,36,38,51)(H,52,53,54)(H,55,56,57);;. The molecule has 358 valence electrons. The van der Waals surface area contributed by atoms with E-state index in [-0.39, 0.29) is 105 Å². The van der Waals surface area contributed by atoms with E-state index in [0.717, 1.165) is 18.6 Å². The number of nitrogens with zero attached hydrogens (tertiary/aromatic N) is 2. The summed E-state index contributed by atoms with van der Waals surface area (Å²) in [7, 11) is -7.42. The number of nitrogens with one attached hydrogen (secondary N) is 6. The first-order valence-electron chi connectivity index (χ1n) is 19.2. The second-order valence-electron chi connectivity index (χ2n) is 14.1. The molecule has 4 rings (SSSR count). The normalized spacial score (nSPS) is 21.7. The van der Waals surface area contributed by atoms with E-state index in [0.29, 0.717) is 30.4 Å². The van der Waals surface area contributed by atoms with E-state index in [1.165, 1.54) is 21.6 Å². The molecule has 0 saturated carbocycles. The molecule has 4 saturated heterocycles. The maximum Gasteiger partial charge on any atom is 0.334 e. The summed E-state index contributed by atoms with van der Waals surface area (Å²) in [5, 5.41) is 10.7. The maximum atomic E-state index is 13.1. The van der Waals surface area contributed by atoms with Crippen LogP contribution in [0.15, 0.2) is 0 Å². The van der Waals surface area contributed by atoms with Gasteiger partial charge in [0.05, 0.1) is 37.8 Å². The Hall–Kier alpha value is -2.76. The van der Waals surface area contributed by atoms with E-state index >= 15 is 0 Å². The van der Waals surface area contributed by atoms with Crippen LogP contribution in [0.2, 0.25) is 0 Å². The molecule has 0 bridgehead atoms. The summed E-state index contributed by atoms with van der Waals surface area (Å²) in [5.41, 5.74) is 0. The molecule has 0 spiro atoms. The Morgan fingerprint density at radius 3 is 1.71 bits per heavy atom. The number of rotatable bonds is 25. The van der Waals surface area contributed by atoms with Gasteiger partial charge < -0.3 is 41.6 Å². The number of carbonyl (C=O) groups is 11. The minimum atomic E-state index is -5.00. The molecule has 0 aromatic rings. The van der Waals surface area contributed by atoms with Crippen molar-refractivity contribution in [3.8, 4) is 0 Å². The van der Waals surface area contributed by atoms with Crippen LogP contribution in [0.3, 0.4) is 0 Å². The summed E-state index contributed by atoms with van der Waals surface area (Å²) in [6.07, 6.45) is -1.04. The number of hydrogen-bond acceptors (Lipinski definition) is 20. The first-order chi connectivity index (χ1) is 30.1. The van der Waals surface area contributed by atoms with Crippen LogP contribution in [-0.4, -0.2) is 231 Å². The van der Waals surface area contributed by atoms with Gasteiger partial charge in [0.25, 0.3) is 55.7 Å². The van der Waals surface area contributed by atoms with E-state index in [2.05, 4.69) is 41.6 Å². The Bertz CT molecular complexity index is 2020. The number of thioether (sulfide) groups is 1. The molecular weight excluding hydrogens is 1010 g/mol. The Morgan fingerprint density at radius 2 is 1.21 bits per heavy atom. The van der Waals surface area contributed by atoms with Gasteiger partial charge >= 0.3 is 18.0 Å². The summed E-state index contributed by atoms with van der Waals surface area (Å²) in [6, 6.07) is -1.94. The number of imide groups is 2. The van der Waals surface area contributed by atoms with Gasteiger partial charge in [0.2, 0.25) is 11.8 Å². The first kappa shape index (κ1) is 59.4. The van der Waals surface area contributed by atoms with E-state index in [1.807, 2.05) is 0 Å². The van der Waals surface area contributed by atoms with Gasteiger partial charge in [-0.15, -0.1) is 10.1 Å². The van der Waals surface area contributed by atoms with Gasteiger partial charge in [0.15, 0.2) is 16.5 Å². The molecule has 5 atom stereocenters. The van der Waals surface area contributed by atoms with Crippen molar-refractivity contribution in [2.45, 2.75) is 91.7 Å². The SMILES string of the molecule is O=C(CCCCC1SCC2NC(=O)NC21)NCCSSCCC(=O)NC(C(=O)NCCC(=O)ON1C(=O)CC(S(=O)(=O)O)C1=O)C(=O)NCCC(=O)ON1C(=O)CC(S(=O)(=O)O)C1=O.[Na].[Na]. The number of hydrogen-bond donors (Lipinski definition) is 8. The van der Waals surface area contributed by atoms with Crippen molar-refractivity contribution in [2.75, 3.05) is 36.9 Å². The van der Waals surface area contributed by atoms with Gasteiger partial charge in [0.1, 0.15) is 0 Å². The molecular formula is C32H44N8Na2O19S5. The summed E-state index contributed by atoms with van der Waals surface area (Å²) in [6.45, 7) is -0.920. The average molecular weight is 1050 g/mol. The summed E-state index contributed by atoms with van der Waals surface area (Å²) in [4.78, 5) is 145. The third-order valence-electron chi connectivity index (χ3n) is 9.40. The molecule has 0 aliphatic carbocycles. The zero-order chi connectivity index (χ0) is 47.4. The van der Waals surface area contributed by atoms with Gasteiger partial charge in [-0.1, -0.05) is 28.0 Å². The molecule has 66 heavy (non-hydrogen) atoms. The predicted octanol–water partition coefficient (Wildman–Crippen LogP) is -4.72. The molecule has 2 radical (unpaired) electrons. The molecule has 4 aliphatic heterocycles. The third kappa shape index (κ3) is 18.0. The molecule has 4 heterocycles. The van der Waals surface area contributed by atoms with Crippen LogP contribution in [0.5, 0.6) is 0 Å². The van der Waals surface area contributed by atoms with Gasteiger partial charge in [-0.05, 0) is 12.8 Å². The fourth-order valence-electron chi connectivity index (χ4n) is 6.23. The number of fused-ring (bicyclic) bond motifs is 1. The zero-order valence-corrected chi connectivity index (χ0v) is 43.4. The van der Waals surface area contributed by atoms with E-state index in [1.54, 1.807) is 11.8 Å². The van der Waals surface area contributed by atoms with E-state index in [4.69, 9.17) is 9.11 Å². The number of carbonyl (C=O) groups excluding carboxylic acids is 11. The smallest absolute Gasteiger partial charge is 0.334 e. The number of unbranched alkanes of at least 4 members (excludes halogenated alkanes) is 1. The molecule has 5 unspecified atom stereocenters. The second-order valence-corrected chi connectivity index (χ2v) is 21.3. The summed E-state index contributed by atoms with van der Waals surface area (Å²) >= 11 is 1.80. The van der Waals surface area contributed by atoms with Crippen LogP contribution in [-0.2, 0) is 77.9 Å². The number of amides is 10. The van der Waals surface area contributed by atoms with Crippen LogP contribution >= 0.6 is 33.3 Å². The third-order valence-corrected chi connectivity index (χ3v) is 15.5. The number of urea groups is 1. The van der Waals surface area contributed by atoms with E-state index < -0.39 is 129 Å². The van der Waals surface area contributed by atoms with Gasteiger partial charge in [-0.2, -0.15) is 28.6 Å². The van der Waals surface area contributed by atoms with Crippen LogP contribution in [0.25, 0.3) is 0 Å². The Balaban J connectivity index is 0.00000748.